The quantitative estimate of drug-likeness (QED) is 0.589. The molecule has 3 N–H and O–H groups in total. The van der Waals surface area contributed by atoms with Crippen molar-refractivity contribution < 1.29 is 9.59 Å². The number of rotatable bonds is 6. The molecule has 7 heteroatoms. The van der Waals surface area contributed by atoms with Crippen molar-refractivity contribution >= 4 is 40.4 Å². The van der Waals surface area contributed by atoms with Gasteiger partial charge in [0.15, 0.2) is 0 Å². The minimum atomic E-state index is -0.124. The summed E-state index contributed by atoms with van der Waals surface area (Å²) in [5, 5.41) is 5.67. The van der Waals surface area contributed by atoms with Crippen LogP contribution in [-0.4, -0.2) is 23.3 Å². The monoisotopic (exact) mass is 387 g/mol. The summed E-state index contributed by atoms with van der Waals surface area (Å²) >= 11 is 7.42. The van der Waals surface area contributed by atoms with Crippen LogP contribution in [0.2, 0.25) is 4.34 Å². The maximum absolute atomic E-state index is 12.5. The third-order valence-electron chi connectivity index (χ3n) is 3.80. The molecule has 2 heterocycles. The van der Waals surface area contributed by atoms with E-state index in [1.165, 1.54) is 18.3 Å². The van der Waals surface area contributed by atoms with Crippen LogP contribution >= 0.6 is 22.9 Å². The van der Waals surface area contributed by atoms with E-state index in [1.54, 1.807) is 12.4 Å². The van der Waals surface area contributed by atoms with E-state index in [0.717, 1.165) is 21.7 Å². The molecule has 0 aliphatic carbocycles. The number of aromatic nitrogens is 1. The fourth-order valence-corrected chi connectivity index (χ4v) is 3.66. The summed E-state index contributed by atoms with van der Waals surface area (Å²) in [4.78, 5) is 27.4. The van der Waals surface area contributed by atoms with Crippen molar-refractivity contribution in [1.29, 1.82) is 0 Å². The molecule has 26 heavy (non-hydrogen) atoms. The molecular formula is C19H18ClN3O2S. The maximum Gasteiger partial charge on any atom is 0.253 e. The van der Waals surface area contributed by atoms with E-state index in [-0.39, 0.29) is 11.8 Å². The molecule has 5 nitrogen and oxygen atoms in total. The number of aromatic amines is 1. The third kappa shape index (κ3) is 4.53. The largest absolute Gasteiger partial charge is 0.366 e. The number of thiophene rings is 1. The van der Waals surface area contributed by atoms with Gasteiger partial charge in [-0.2, -0.15) is 0 Å². The minimum absolute atomic E-state index is 0.0978. The third-order valence-corrected chi connectivity index (χ3v) is 5.07. The number of benzene rings is 1. The number of nitrogens with one attached hydrogen (secondary N) is 3. The molecule has 0 fully saturated rings. The Morgan fingerprint density at radius 1 is 1.12 bits per heavy atom. The van der Waals surface area contributed by atoms with Crippen LogP contribution in [0.15, 0.2) is 48.8 Å². The van der Waals surface area contributed by atoms with E-state index < -0.39 is 0 Å². The number of carbonyl (C=O) groups is 2. The van der Waals surface area contributed by atoms with Crippen LogP contribution in [0.3, 0.4) is 0 Å². The van der Waals surface area contributed by atoms with Gasteiger partial charge < -0.3 is 15.6 Å². The number of carbonyl (C=O) groups excluding carboxylic acids is 2. The SMILES string of the molecule is CC(=O)Nc1ccc(CCNC(=O)c2c[nH]cc2-c2ccc(Cl)s2)cc1. The van der Waals surface area contributed by atoms with Gasteiger partial charge in [-0.3, -0.25) is 9.59 Å². The maximum atomic E-state index is 12.5. The number of halogens is 1. The van der Waals surface area contributed by atoms with Crippen molar-refractivity contribution in [2.24, 2.45) is 0 Å². The van der Waals surface area contributed by atoms with Gasteiger partial charge in [0.25, 0.3) is 5.91 Å². The molecule has 1 aromatic carbocycles. The molecule has 0 spiro atoms. The predicted octanol–water partition coefficient (Wildman–Crippen LogP) is 4.33. The number of anilines is 1. The van der Waals surface area contributed by atoms with Gasteiger partial charge in [0, 0.05) is 42.0 Å². The van der Waals surface area contributed by atoms with Crippen molar-refractivity contribution in [3.63, 3.8) is 0 Å². The first-order valence-corrected chi connectivity index (χ1v) is 9.29. The zero-order valence-electron chi connectivity index (χ0n) is 14.1. The standard InChI is InChI=1S/C19H18ClN3O2S/c1-12(24)23-14-4-2-13(3-5-14)8-9-22-19(25)16-11-21-10-15(16)17-6-7-18(20)26-17/h2-7,10-11,21H,8-9H2,1H3,(H,22,25)(H,23,24). The average molecular weight is 388 g/mol. The summed E-state index contributed by atoms with van der Waals surface area (Å²) in [6.07, 6.45) is 4.20. The van der Waals surface area contributed by atoms with Crippen LogP contribution in [0.25, 0.3) is 10.4 Å². The second-order valence-electron chi connectivity index (χ2n) is 5.77. The van der Waals surface area contributed by atoms with Gasteiger partial charge in [-0.1, -0.05) is 23.7 Å². The normalized spacial score (nSPS) is 10.5. The first-order chi connectivity index (χ1) is 12.5. The molecule has 0 radical (unpaired) electrons. The van der Waals surface area contributed by atoms with Crippen molar-refractivity contribution in [2.75, 3.05) is 11.9 Å². The van der Waals surface area contributed by atoms with E-state index in [9.17, 15) is 9.59 Å². The summed E-state index contributed by atoms with van der Waals surface area (Å²) in [5.41, 5.74) is 3.29. The predicted molar refractivity (Wildman–Crippen MR) is 106 cm³/mol. The molecule has 2 aromatic heterocycles. The van der Waals surface area contributed by atoms with E-state index in [4.69, 9.17) is 11.6 Å². The highest BCUT2D eigenvalue weighted by molar-refractivity contribution is 7.19. The molecule has 0 saturated heterocycles. The molecule has 0 unspecified atom stereocenters. The Balaban J connectivity index is 1.57. The highest BCUT2D eigenvalue weighted by Gasteiger charge is 2.15. The molecule has 0 atom stereocenters. The molecular weight excluding hydrogens is 370 g/mol. The summed E-state index contributed by atoms with van der Waals surface area (Å²) in [6, 6.07) is 11.3. The summed E-state index contributed by atoms with van der Waals surface area (Å²) in [7, 11) is 0. The van der Waals surface area contributed by atoms with Crippen molar-refractivity contribution in [3.8, 4) is 10.4 Å². The van der Waals surface area contributed by atoms with Gasteiger partial charge in [0.05, 0.1) is 9.90 Å². The van der Waals surface area contributed by atoms with Crippen LogP contribution in [-0.2, 0) is 11.2 Å². The van der Waals surface area contributed by atoms with Gasteiger partial charge in [0.2, 0.25) is 5.91 Å². The Morgan fingerprint density at radius 3 is 2.54 bits per heavy atom. The average Bonchev–Trinajstić information content (AvgIpc) is 3.24. The van der Waals surface area contributed by atoms with E-state index >= 15 is 0 Å². The van der Waals surface area contributed by atoms with Gasteiger partial charge in [-0.15, -0.1) is 11.3 Å². The molecule has 134 valence electrons. The van der Waals surface area contributed by atoms with Crippen LogP contribution < -0.4 is 10.6 Å². The Morgan fingerprint density at radius 2 is 1.88 bits per heavy atom. The van der Waals surface area contributed by atoms with Gasteiger partial charge in [0.1, 0.15) is 0 Å². The van der Waals surface area contributed by atoms with Crippen LogP contribution in [0.1, 0.15) is 22.8 Å². The molecule has 0 aliphatic rings. The molecule has 2 amide bonds. The summed E-state index contributed by atoms with van der Waals surface area (Å²) in [5.74, 6) is -0.222. The lowest BCUT2D eigenvalue weighted by molar-refractivity contribution is -0.114. The van der Waals surface area contributed by atoms with E-state index in [2.05, 4.69) is 15.6 Å². The Kier molecular flexibility index (Phi) is 5.75. The summed E-state index contributed by atoms with van der Waals surface area (Å²) in [6.45, 7) is 2.00. The first kappa shape index (κ1) is 18.2. The highest BCUT2D eigenvalue weighted by atomic mass is 35.5. The summed E-state index contributed by atoms with van der Waals surface area (Å²) < 4.78 is 0.690. The second-order valence-corrected chi connectivity index (χ2v) is 7.49. The van der Waals surface area contributed by atoms with Crippen LogP contribution in [0, 0.1) is 0 Å². The van der Waals surface area contributed by atoms with Crippen molar-refractivity contribution in [2.45, 2.75) is 13.3 Å². The lowest BCUT2D eigenvalue weighted by Gasteiger charge is -2.07. The zero-order chi connectivity index (χ0) is 18.5. The molecule has 0 bridgehead atoms. The number of H-pyrrole nitrogens is 1. The van der Waals surface area contributed by atoms with Crippen LogP contribution in [0.5, 0.6) is 0 Å². The van der Waals surface area contributed by atoms with E-state index in [0.29, 0.717) is 22.9 Å². The smallest absolute Gasteiger partial charge is 0.253 e. The Bertz CT molecular complexity index is 915. The zero-order valence-corrected chi connectivity index (χ0v) is 15.7. The molecule has 3 rings (SSSR count). The molecule has 3 aromatic rings. The Labute approximate surface area is 160 Å². The first-order valence-electron chi connectivity index (χ1n) is 8.10. The lowest BCUT2D eigenvalue weighted by Crippen LogP contribution is -2.25. The van der Waals surface area contributed by atoms with Gasteiger partial charge >= 0.3 is 0 Å². The number of hydrogen-bond acceptors (Lipinski definition) is 3. The van der Waals surface area contributed by atoms with E-state index in [1.807, 2.05) is 36.4 Å². The molecule has 0 aliphatic heterocycles. The highest BCUT2D eigenvalue weighted by Crippen LogP contribution is 2.33. The van der Waals surface area contributed by atoms with Crippen molar-refractivity contribution in [3.05, 3.63) is 64.3 Å². The molecule has 0 saturated carbocycles. The Hall–Kier alpha value is -2.57. The number of amides is 2. The topological polar surface area (TPSA) is 74.0 Å². The fourth-order valence-electron chi connectivity index (χ4n) is 2.59. The van der Waals surface area contributed by atoms with Gasteiger partial charge in [-0.05, 0) is 36.2 Å². The van der Waals surface area contributed by atoms with Crippen LogP contribution in [0.4, 0.5) is 5.69 Å². The fraction of sp³-hybridized carbons (Fsp3) is 0.158. The van der Waals surface area contributed by atoms with Crippen molar-refractivity contribution in [1.82, 2.24) is 10.3 Å². The second kappa shape index (κ2) is 8.21. The minimum Gasteiger partial charge on any atom is -0.366 e. The van der Waals surface area contributed by atoms with Gasteiger partial charge in [-0.25, -0.2) is 0 Å². The number of hydrogen-bond donors (Lipinski definition) is 3. The lowest BCUT2D eigenvalue weighted by atomic mass is 10.1.